The number of amides is 2. The van der Waals surface area contributed by atoms with Crippen LogP contribution in [0.5, 0.6) is 0 Å². The van der Waals surface area contributed by atoms with Crippen LogP contribution in [0.15, 0.2) is 77.7 Å². The Labute approximate surface area is 168 Å². The third-order valence-corrected chi connectivity index (χ3v) is 5.09. The molecule has 0 aromatic heterocycles. The first-order chi connectivity index (χ1) is 13.5. The molecule has 3 aromatic rings. The van der Waals surface area contributed by atoms with Crippen molar-refractivity contribution in [3.63, 3.8) is 0 Å². The summed E-state index contributed by atoms with van der Waals surface area (Å²) in [7, 11) is 0. The number of nitrogens with two attached hydrogens (primary N) is 1. The summed E-state index contributed by atoms with van der Waals surface area (Å²) in [6, 6.07) is 21.9. The van der Waals surface area contributed by atoms with Gasteiger partial charge in [0.1, 0.15) is 0 Å². The van der Waals surface area contributed by atoms with Crippen LogP contribution in [0.25, 0.3) is 0 Å². The van der Waals surface area contributed by atoms with Gasteiger partial charge in [-0.2, -0.15) is 0 Å². The molecule has 0 unspecified atom stereocenters. The van der Waals surface area contributed by atoms with Gasteiger partial charge in [0.25, 0.3) is 5.91 Å². The average Bonchev–Trinajstić information content (AvgIpc) is 2.68. The van der Waals surface area contributed by atoms with Crippen molar-refractivity contribution in [1.29, 1.82) is 0 Å². The minimum Gasteiger partial charge on any atom is -0.398 e. The standard InChI is InChI=1S/C22H21N3O2S/c1-15-7-6-8-16(13-15)24-22(27)17-9-2-4-11-19(17)25-21(26)14-28-20-12-5-3-10-18(20)23/h2-13H,14,23H2,1H3,(H,24,27)(H,25,26). The largest absolute Gasteiger partial charge is 0.398 e. The minimum absolute atomic E-state index is 0.196. The molecule has 0 aliphatic heterocycles. The third kappa shape index (κ3) is 5.14. The van der Waals surface area contributed by atoms with Crippen LogP contribution < -0.4 is 16.4 Å². The maximum Gasteiger partial charge on any atom is 0.257 e. The van der Waals surface area contributed by atoms with Crippen LogP contribution in [0.4, 0.5) is 17.1 Å². The van der Waals surface area contributed by atoms with E-state index in [-0.39, 0.29) is 17.6 Å². The zero-order valence-electron chi connectivity index (χ0n) is 15.4. The summed E-state index contributed by atoms with van der Waals surface area (Å²) < 4.78 is 0. The van der Waals surface area contributed by atoms with E-state index < -0.39 is 0 Å². The van der Waals surface area contributed by atoms with Gasteiger partial charge in [-0.3, -0.25) is 9.59 Å². The molecule has 3 aromatic carbocycles. The molecule has 2 amide bonds. The number of thioether (sulfide) groups is 1. The van der Waals surface area contributed by atoms with E-state index in [0.29, 0.717) is 22.6 Å². The molecule has 28 heavy (non-hydrogen) atoms. The molecular formula is C22H21N3O2S. The second-order valence-corrected chi connectivity index (χ2v) is 7.26. The molecule has 0 spiro atoms. The van der Waals surface area contributed by atoms with Crippen LogP contribution in [0, 0.1) is 6.92 Å². The van der Waals surface area contributed by atoms with E-state index in [2.05, 4.69) is 10.6 Å². The van der Waals surface area contributed by atoms with Crippen molar-refractivity contribution in [3.8, 4) is 0 Å². The summed E-state index contributed by atoms with van der Waals surface area (Å²) in [6.07, 6.45) is 0. The maximum atomic E-state index is 12.7. The molecule has 0 saturated heterocycles. The first-order valence-electron chi connectivity index (χ1n) is 8.77. The van der Waals surface area contributed by atoms with Gasteiger partial charge >= 0.3 is 0 Å². The number of nitrogens with one attached hydrogen (secondary N) is 2. The molecule has 0 fully saturated rings. The Morgan fingerprint density at radius 3 is 2.46 bits per heavy atom. The van der Waals surface area contributed by atoms with Gasteiger partial charge < -0.3 is 16.4 Å². The lowest BCUT2D eigenvalue weighted by Crippen LogP contribution is -2.19. The van der Waals surface area contributed by atoms with Crippen molar-refractivity contribution in [1.82, 2.24) is 0 Å². The number of rotatable bonds is 6. The summed E-state index contributed by atoms with van der Waals surface area (Å²) in [6.45, 7) is 1.96. The Morgan fingerprint density at radius 1 is 0.929 bits per heavy atom. The Bertz CT molecular complexity index is 1000. The highest BCUT2D eigenvalue weighted by atomic mass is 32.2. The SMILES string of the molecule is Cc1cccc(NC(=O)c2ccccc2NC(=O)CSc2ccccc2N)c1. The fourth-order valence-corrected chi connectivity index (χ4v) is 3.42. The second-order valence-electron chi connectivity index (χ2n) is 6.24. The van der Waals surface area contributed by atoms with Gasteiger partial charge in [-0.1, -0.05) is 36.4 Å². The molecule has 5 nitrogen and oxygen atoms in total. The maximum absolute atomic E-state index is 12.7. The molecule has 0 aliphatic carbocycles. The van der Waals surface area contributed by atoms with Crippen LogP contribution in [-0.4, -0.2) is 17.6 Å². The van der Waals surface area contributed by atoms with Gasteiger partial charge in [0.05, 0.1) is 17.0 Å². The molecular weight excluding hydrogens is 370 g/mol. The lowest BCUT2D eigenvalue weighted by molar-refractivity contribution is -0.113. The van der Waals surface area contributed by atoms with Crippen molar-refractivity contribution >= 4 is 40.6 Å². The van der Waals surface area contributed by atoms with E-state index in [1.165, 1.54) is 11.8 Å². The first kappa shape index (κ1) is 19.5. The molecule has 0 saturated carbocycles. The highest BCUT2D eigenvalue weighted by Crippen LogP contribution is 2.25. The van der Waals surface area contributed by atoms with E-state index >= 15 is 0 Å². The number of carbonyl (C=O) groups is 2. The van der Waals surface area contributed by atoms with Crippen LogP contribution in [-0.2, 0) is 4.79 Å². The van der Waals surface area contributed by atoms with Crippen LogP contribution in [0.3, 0.4) is 0 Å². The fraction of sp³-hybridized carbons (Fsp3) is 0.0909. The number of aryl methyl sites for hydroxylation is 1. The number of hydrogen-bond acceptors (Lipinski definition) is 4. The van der Waals surface area contributed by atoms with E-state index in [4.69, 9.17) is 5.73 Å². The summed E-state index contributed by atoms with van der Waals surface area (Å²) in [4.78, 5) is 25.9. The Kier molecular flexibility index (Phi) is 6.34. The monoisotopic (exact) mass is 391 g/mol. The Morgan fingerprint density at radius 2 is 1.68 bits per heavy atom. The number of anilines is 3. The molecule has 3 rings (SSSR count). The van der Waals surface area contributed by atoms with Crippen LogP contribution >= 0.6 is 11.8 Å². The molecule has 0 atom stereocenters. The molecule has 0 aliphatic rings. The lowest BCUT2D eigenvalue weighted by atomic mass is 10.1. The first-order valence-corrected chi connectivity index (χ1v) is 9.75. The smallest absolute Gasteiger partial charge is 0.257 e. The van der Waals surface area contributed by atoms with Gasteiger partial charge in [0.2, 0.25) is 5.91 Å². The van der Waals surface area contributed by atoms with Gasteiger partial charge in [0, 0.05) is 16.3 Å². The summed E-state index contributed by atoms with van der Waals surface area (Å²) in [5.74, 6) is -0.285. The predicted octanol–water partition coefficient (Wildman–Crippen LogP) is 4.56. The molecule has 4 N–H and O–H groups in total. The zero-order chi connectivity index (χ0) is 19.9. The second kappa shape index (κ2) is 9.10. The quantitative estimate of drug-likeness (QED) is 0.425. The Hall–Kier alpha value is -3.25. The molecule has 0 radical (unpaired) electrons. The lowest BCUT2D eigenvalue weighted by Gasteiger charge is -2.12. The summed E-state index contributed by atoms with van der Waals surface area (Å²) >= 11 is 1.36. The van der Waals surface area contributed by atoms with E-state index in [1.807, 2.05) is 49.4 Å². The van der Waals surface area contributed by atoms with Crippen molar-refractivity contribution in [2.75, 3.05) is 22.1 Å². The normalized spacial score (nSPS) is 10.3. The van der Waals surface area contributed by atoms with Gasteiger partial charge in [0.15, 0.2) is 0 Å². The van der Waals surface area contributed by atoms with Crippen LogP contribution in [0.2, 0.25) is 0 Å². The van der Waals surface area contributed by atoms with Crippen molar-refractivity contribution in [3.05, 3.63) is 83.9 Å². The highest BCUT2D eigenvalue weighted by molar-refractivity contribution is 8.00. The average molecular weight is 391 g/mol. The molecule has 0 bridgehead atoms. The molecule has 142 valence electrons. The van der Waals surface area contributed by atoms with Crippen molar-refractivity contribution < 1.29 is 9.59 Å². The van der Waals surface area contributed by atoms with Gasteiger partial charge in [-0.25, -0.2) is 0 Å². The number of carbonyl (C=O) groups excluding carboxylic acids is 2. The van der Waals surface area contributed by atoms with E-state index in [1.54, 1.807) is 30.3 Å². The molecule has 6 heteroatoms. The topological polar surface area (TPSA) is 84.2 Å². The fourth-order valence-electron chi connectivity index (χ4n) is 2.65. The minimum atomic E-state index is -0.276. The third-order valence-electron chi connectivity index (χ3n) is 4.00. The summed E-state index contributed by atoms with van der Waals surface area (Å²) in [5.41, 5.74) is 9.18. The Balaban J connectivity index is 1.67. The number of hydrogen-bond donors (Lipinski definition) is 3. The predicted molar refractivity (Wildman–Crippen MR) is 116 cm³/mol. The van der Waals surface area contributed by atoms with Crippen molar-refractivity contribution in [2.24, 2.45) is 0 Å². The molecule has 0 heterocycles. The number of benzene rings is 3. The number of nitrogen functional groups attached to an aromatic ring is 1. The van der Waals surface area contributed by atoms with Gasteiger partial charge in [-0.05, 0) is 48.9 Å². The zero-order valence-corrected chi connectivity index (χ0v) is 16.3. The number of para-hydroxylation sites is 2. The van der Waals surface area contributed by atoms with E-state index in [0.717, 1.165) is 10.5 Å². The van der Waals surface area contributed by atoms with Crippen LogP contribution in [0.1, 0.15) is 15.9 Å². The van der Waals surface area contributed by atoms with E-state index in [9.17, 15) is 9.59 Å². The summed E-state index contributed by atoms with van der Waals surface area (Å²) in [5, 5.41) is 5.68. The van der Waals surface area contributed by atoms with Crippen molar-refractivity contribution in [2.45, 2.75) is 11.8 Å². The highest BCUT2D eigenvalue weighted by Gasteiger charge is 2.14. The van der Waals surface area contributed by atoms with Gasteiger partial charge in [-0.15, -0.1) is 11.8 Å².